The van der Waals surface area contributed by atoms with Crippen molar-refractivity contribution in [2.75, 3.05) is 33.8 Å². The zero-order chi connectivity index (χ0) is 15.0. The normalized spacial score (nSPS) is 17.4. The molecule has 0 heterocycles. The summed E-state index contributed by atoms with van der Waals surface area (Å²) < 4.78 is 4.80. The van der Waals surface area contributed by atoms with E-state index in [0.717, 1.165) is 25.6 Å². The Morgan fingerprint density at radius 1 is 1.30 bits per heavy atom. The predicted molar refractivity (Wildman–Crippen MR) is 82.8 cm³/mol. The lowest BCUT2D eigenvalue weighted by Gasteiger charge is -2.31. The molecule has 1 aliphatic rings. The molecular formula is C16H32N2O2. The SMILES string of the molecule is COC(=O)C(C)(C)CNCCCN(C)C1CCCCC1. The van der Waals surface area contributed by atoms with Gasteiger partial charge in [-0.25, -0.2) is 0 Å². The fraction of sp³-hybridized carbons (Fsp3) is 0.938. The van der Waals surface area contributed by atoms with Gasteiger partial charge in [0.2, 0.25) is 0 Å². The van der Waals surface area contributed by atoms with Crippen molar-refractivity contribution in [2.45, 2.75) is 58.4 Å². The summed E-state index contributed by atoms with van der Waals surface area (Å²) in [7, 11) is 3.69. The monoisotopic (exact) mass is 284 g/mol. The number of ether oxygens (including phenoxy) is 1. The predicted octanol–water partition coefficient (Wildman–Crippen LogP) is 2.43. The van der Waals surface area contributed by atoms with Gasteiger partial charge in [0.15, 0.2) is 0 Å². The van der Waals surface area contributed by atoms with Crippen LogP contribution >= 0.6 is 0 Å². The van der Waals surface area contributed by atoms with Gasteiger partial charge in [-0.15, -0.1) is 0 Å². The van der Waals surface area contributed by atoms with Crippen molar-refractivity contribution in [1.82, 2.24) is 10.2 Å². The number of nitrogens with zero attached hydrogens (tertiary/aromatic N) is 1. The molecule has 118 valence electrons. The molecule has 0 atom stereocenters. The molecule has 0 aliphatic heterocycles. The van der Waals surface area contributed by atoms with Gasteiger partial charge < -0.3 is 15.0 Å². The van der Waals surface area contributed by atoms with Crippen LogP contribution < -0.4 is 5.32 Å². The maximum absolute atomic E-state index is 11.5. The molecule has 0 spiro atoms. The third kappa shape index (κ3) is 5.80. The van der Waals surface area contributed by atoms with Gasteiger partial charge in [-0.3, -0.25) is 4.79 Å². The van der Waals surface area contributed by atoms with Crippen LogP contribution in [0.15, 0.2) is 0 Å². The zero-order valence-electron chi connectivity index (χ0n) is 13.7. The standard InChI is InChI=1S/C16H32N2O2/c1-16(2,15(19)20-4)13-17-11-8-12-18(3)14-9-6-5-7-10-14/h14,17H,5-13H2,1-4H3. The van der Waals surface area contributed by atoms with E-state index in [9.17, 15) is 4.79 Å². The smallest absolute Gasteiger partial charge is 0.312 e. The highest BCUT2D eigenvalue weighted by molar-refractivity contribution is 5.76. The molecule has 4 heteroatoms. The second kappa shape index (κ2) is 8.63. The van der Waals surface area contributed by atoms with E-state index in [1.807, 2.05) is 13.8 Å². The second-order valence-electron chi connectivity index (χ2n) is 6.68. The Labute approximate surface area is 124 Å². The minimum absolute atomic E-state index is 0.149. The second-order valence-corrected chi connectivity index (χ2v) is 6.68. The number of rotatable bonds is 8. The van der Waals surface area contributed by atoms with E-state index in [2.05, 4.69) is 17.3 Å². The molecule has 0 saturated heterocycles. The molecule has 0 amide bonds. The molecule has 1 saturated carbocycles. The minimum atomic E-state index is -0.440. The molecule has 0 bridgehead atoms. The van der Waals surface area contributed by atoms with Gasteiger partial charge in [-0.2, -0.15) is 0 Å². The summed E-state index contributed by atoms with van der Waals surface area (Å²) in [5.74, 6) is -0.149. The van der Waals surface area contributed by atoms with Gasteiger partial charge in [0.1, 0.15) is 0 Å². The summed E-state index contributed by atoms with van der Waals surface area (Å²) >= 11 is 0. The molecule has 0 aromatic rings. The summed E-state index contributed by atoms with van der Waals surface area (Å²) in [6.45, 7) is 6.60. The average molecular weight is 284 g/mol. The van der Waals surface area contributed by atoms with Crippen LogP contribution in [0.1, 0.15) is 52.4 Å². The van der Waals surface area contributed by atoms with Crippen LogP contribution in [0.3, 0.4) is 0 Å². The molecule has 1 aliphatic carbocycles. The fourth-order valence-corrected chi connectivity index (χ4v) is 2.91. The molecule has 4 nitrogen and oxygen atoms in total. The van der Waals surface area contributed by atoms with Gasteiger partial charge in [-0.1, -0.05) is 19.3 Å². The Morgan fingerprint density at radius 2 is 1.95 bits per heavy atom. The van der Waals surface area contributed by atoms with E-state index in [4.69, 9.17) is 4.74 Å². The van der Waals surface area contributed by atoms with Crippen molar-refractivity contribution in [3.8, 4) is 0 Å². The Kier molecular flexibility index (Phi) is 7.52. The number of carbonyl (C=O) groups excluding carboxylic acids is 1. The summed E-state index contributed by atoms with van der Waals surface area (Å²) in [4.78, 5) is 14.0. The van der Waals surface area contributed by atoms with E-state index in [1.165, 1.54) is 39.2 Å². The van der Waals surface area contributed by atoms with Crippen molar-refractivity contribution < 1.29 is 9.53 Å². The lowest BCUT2D eigenvalue weighted by atomic mass is 9.93. The van der Waals surface area contributed by atoms with Crippen molar-refractivity contribution >= 4 is 5.97 Å². The van der Waals surface area contributed by atoms with Crippen LogP contribution in [-0.4, -0.2) is 50.7 Å². The molecule has 1 N–H and O–H groups in total. The Hall–Kier alpha value is -0.610. The summed E-state index contributed by atoms with van der Waals surface area (Å²) in [6, 6.07) is 0.787. The lowest BCUT2D eigenvalue weighted by molar-refractivity contribution is -0.150. The minimum Gasteiger partial charge on any atom is -0.469 e. The summed E-state index contributed by atoms with van der Waals surface area (Å²) in [6.07, 6.45) is 8.04. The summed E-state index contributed by atoms with van der Waals surface area (Å²) in [5, 5.41) is 3.37. The van der Waals surface area contributed by atoms with Crippen molar-refractivity contribution in [1.29, 1.82) is 0 Å². The Morgan fingerprint density at radius 3 is 2.55 bits per heavy atom. The van der Waals surface area contributed by atoms with Crippen LogP contribution in [0.5, 0.6) is 0 Å². The molecule has 0 aromatic heterocycles. The number of hydrogen-bond donors (Lipinski definition) is 1. The Balaban J connectivity index is 2.10. The highest BCUT2D eigenvalue weighted by Gasteiger charge is 2.27. The lowest BCUT2D eigenvalue weighted by Crippen LogP contribution is -2.39. The third-order valence-electron chi connectivity index (χ3n) is 4.37. The fourth-order valence-electron chi connectivity index (χ4n) is 2.91. The molecule has 0 unspecified atom stereocenters. The van der Waals surface area contributed by atoms with E-state index in [1.54, 1.807) is 0 Å². The number of esters is 1. The first-order valence-electron chi connectivity index (χ1n) is 7.97. The van der Waals surface area contributed by atoms with Crippen LogP contribution in [0.4, 0.5) is 0 Å². The van der Waals surface area contributed by atoms with Gasteiger partial charge in [0.05, 0.1) is 12.5 Å². The number of methoxy groups -OCH3 is 1. The van der Waals surface area contributed by atoms with Gasteiger partial charge in [-0.05, 0) is 53.2 Å². The van der Waals surface area contributed by atoms with Crippen LogP contribution in [0, 0.1) is 5.41 Å². The maximum Gasteiger partial charge on any atom is 0.312 e. The largest absolute Gasteiger partial charge is 0.469 e. The van der Waals surface area contributed by atoms with E-state index < -0.39 is 5.41 Å². The molecular weight excluding hydrogens is 252 g/mol. The molecule has 0 radical (unpaired) electrons. The molecule has 1 fully saturated rings. The number of nitrogens with one attached hydrogen (secondary N) is 1. The van der Waals surface area contributed by atoms with Crippen LogP contribution in [0.2, 0.25) is 0 Å². The first-order chi connectivity index (χ1) is 9.47. The molecule has 1 rings (SSSR count). The molecule has 20 heavy (non-hydrogen) atoms. The maximum atomic E-state index is 11.5. The average Bonchev–Trinajstić information content (AvgIpc) is 2.46. The topological polar surface area (TPSA) is 41.6 Å². The third-order valence-corrected chi connectivity index (χ3v) is 4.37. The Bertz CT molecular complexity index is 286. The van der Waals surface area contributed by atoms with Crippen molar-refractivity contribution in [3.05, 3.63) is 0 Å². The quantitative estimate of drug-likeness (QED) is 0.549. The van der Waals surface area contributed by atoms with Gasteiger partial charge in [0, 0.05) is 12.6 Å². The van der Waals surface area contributed by atoms with Gasteiger partial charge in [0.25, 0.3) is 0 Å². The number of hydrogen-bond acceptors (Lipinski definition) is 4. The zero-order valence-corrected chi connectivity index (χ0v) is 13.7. The number of carbonyl (C=O) groups is 1. The molecule has 0 aromatic carbocycles. The van der Waals surface area contributed by atoms with Gasteiger partial charge >= 0.3 is 5.97 Å². The highest BCUT2D eigenvalue weighted by atomic mass is 16.5. The van der Waals surface area contributed by atoms with Crippen molar-refractivity contribution in [2.24, 2.45) is 5.41 Å². The van der Waals surface area contributed by atoms with E-state index in [0.29, 0.717) is 6.54 Å². The van der Waals surface area contributed by atoms with E-state index >= 15 is 0 Å². The highest BCUT2D eigenvalue weighted by Crippen LogP contribution is 2.21. The first kappa shape index (κ1) is 17.4. The first-order valence-corrected chi connectivity index (χ1v) is 7.97. The van der Waals surface area contributed by atoms with E-state index in [-0.39, 0.29) is 5.97 Å². The summed E-state index contributed by atoms with van der Waals surface area (Å²) in [5.41, 5.74) is -0.440. The van der Waals surface area contributed by atoms with Crippen molar-refractivity contribution in [3.63, 3.8) is 0 Å². The van der Waals surface area contributed by atoms with Crippen LogP contribution in [0.25, 0.3) is 0 Å². The van der Waals surface area contributed by atoms with Crippen LogP contribution in [-0.2, 0) is 9.53 Å².